The van der Waals surface area contributed by atoms with Gasteiger partial charge in [0.15, 0.2) is 11.4 Å². The Morgan fingerprint density at radius 2 is 1.87 bits per heavy atom. The minimum atomic E-state index is -0.741. The summed E-state index contributed by atoms with van der Waals surface area (Å²) in [4.78, 5) is 19.2. The third-order valence-electron chi connectivity index (χ3n) is 6.67. The highest BCUT2D eigenvalue weighted by Gasteiger charge is 2.26. The van der Waals surface area contributed by atoms with Gasteiger partial charge in [0, 0.05) is 53.1 Å². The van der Waals surface area contributed by atoms with Gasteiger partial charge in [0.05, 0.1) is 16.7 Å². The molecule has 198 valence electrons. The monoisotopic (exact) mass is 556 g/mol. The molecule has 0 bridgehead atoms. The summed E-state index contributed by atoms with van der Waals surface area (Å²) in [6.45, 7) is 7.16. The zero-order chi connectivity index (χ0) is 27.1. The van der Waals surface area contributed by atoms with E-state index < -0.39 is 11.9 Å². The standard InChI is InChI=1S/C28H27Cl2FN4O3/c1-14-11-35(12-15(2)34-14)28(36)18-6-4-17(5-7-18)20-13-37-25-19(20)10-33-27(32)26(25)38-16(3)23-21(29)8-9-22(31)24(23)30/h4-10,13-16,34H,11-12H2,1-3H3,(H2,32,33)/t14-,15+,16-/m1/s1. The Balaban J connectivity index is 1.43. The summed E-state index contributed by atoms with van der Waals surface area (Å²) < 4.78 is 26.0. The number of aromatic nitrogens is 1. The zero-order valence-electron chi connectivity index (χ0n) is 21.1. The van der Waals surface area contributed by atoms with E-state index in [4.69, 9.17) is 38.1 Å². The maximum absolute atomic E-state index is 14.1. The fraction of sp³-hybridized carbons (Fsp3) is 0.286. The number of carbonyl (C=O) groups excluding carboxylic acids is 1. The van der Waals surface area contributed by atoms with Gasteiger partial charge in [0.1, 0.15) is 11.9 Å². The number of amides is 1. The van der Waals surface area contributed by atoms with Gasteiger partial charge >= 0.3 is 0 Å². The molecule has 7 nitrogen and oxygen atoms in total. The minimum absolute atomic E-state index is 0.00239. The normalized spacial score (nSPS) is 18.5. The molecule has 0 spiro atoms. The lowest BCUT2D eigenvalue weighted by Crippen LogP contribution is -2.55. The number of halogens is 3. The van der Waals surface area contributed by atoms with Crippen molar-refractivity contribution in [3.8, 4) is 16.9 Å². The Kier molecular flexibility index (Phi) is 7.22. The van der Waals surface area contributed by atoms with E-state index in [-0.39, 0.29) is 39.6 Å². The largest absolute Gasteiger partial charge is 0.478 e. The fourth-order valence-corrected chi connectivity index (χ4v) is 5.61. The maximum Gasteiger partial charge on any atom is 0.253 e. The van der Waals surface area contributed by atoms with Gasteiger partial charge in [-0.3, -0.25) is 4.79 Å². The van der Waals surface area contributed by atoms with Crippen molar-refractivity contribution in [2.45, 2.75) is 39.0 Å². The zero-order valence-corrected chi connectivity index (χ0v) is 22.6. The molecule has 2 aromatic heterocycles. The molecule has 1 fully saturated rings. The van der Waals surface area contributed by atoms with Crippen molar-refractivity contribution in [2.24, 2.45) is 0 Å². The van der Waals surface area contributed by atoms with Crippen LogP contribution >= 0.6 is 23.2 Å². The second-order valence-electron chi connectivity index (χ2n) is 9.64. The summed E-state index contributed by atoms with van der Waals surface area (Å²) in [6, 6.07) is 10.5. The Morgan fingerprint density at radius 3 is 2.55 bits per heavy atom. The van der Waals surface area contributed by atoms with Crippen LogP contribution < -0.4 is 15.8 Å². The lowest BCUT2D eigenvalue weighted by Gasteiger charge is -2.36. The number of rotatable bonds is 5. The third kappa shape index (κ3) is 4.91. The number of anilines is 1. The van der Waals surface area contributed by atoms with Gasteiger partial charge in [-0.25, -0.2) is 9.37 Å². The molecule has 38 heavy (non-hydrogen) atoms. The Bertz CT molecular complexity index is 1500. The molecule has 0 unspecified atom stereocenters. The van der Waals surface area contributed by atoms with Crippen LogP contribution in [0.5, 0.6) is 5.75 Å². The molecule has 1 saturated heterocycles. The number of nitrogens with one attached hydrogen (secondary N) is 1. The van der Waals surface area contributed by atoms with E-state index in [0.717, 1.165) is 11.1 Å². The van der Waals surface area contributed by atoms with Crippen molar-refractivity contribution in [2.75, 3.05) is 18.8 Å². The minimum Gasteiger partial charge on any atom is -0.478 e. The highest BCUT2D eigenvalue weighted by atomic mass is 35.5. The van der Waals surface area contributed by atoms with Crippen LogP contribution in [0.3, 0.4) is 0 Å². The van der Waals surface area contributed by atoms with Crippen LogP contribution in [0.4, 0.5) is 10.2 Å². The van der Waals surface area contributed by atoms with Crippen LogP contribution in [0, 0.1) is 5.82 Å². The number of furan rings is 1. The lowest BCUT2D eigenvalue weighted by atomic mass is 10.0. The molecule has 3 N–H and O–H groups in total. The van der Waals surface area contributed by atoms with E-state index in [0.29, 0.717) is 35.2 Å². The van der Waals surface area contributed by atoms with Crippen molar-refractivity contribution in [1.82, 2.24) is 15.2 Å². The maximum atomic E-state index is 14.1. The van der Waals surface area contributed by atoms with Gasteiger partial charge in [0.2, 0.25) is 5.75 Å². The second kappa shape index (κ2) is 10.4. The fourth-order valence-electron chi connectivity index (χ4n) is 4.94. The van der Waals surface area contributed by atoms with E-state index in [9.17, 15) is 9.18 Å². The molecule has 0 radical (unpaired) electrons. The van der Waals surface area contributed by atoms with Crippen LogP contribution in [-0.4, -0.2) is 41.0 Å². The highest BCUT2D eigenvalue weighted by molar-refractivity contribution is 6.36. The molecule has 5 rings (SSSR count). The first-order chi connectivity index (χ1) is 18.1. The van der Waals surface area contributed by atoms with Gasteiger partial charge in [0.25, 0.3) is 5.91 Å². The van der Waals surface area contributed by atoms with Gasteiger partial charge in [-0.1, -0.05) is 35.3 Å². The summed E-state index contributed by atoms with van der Waals surface area (Å²) in [6.07, 6.45) is 2.45. The number of piperazine rings is 1. The quantitative estimate of drug-likeness (QED) is 0.273. The number of carbonyl (C=O) groups is 1. The Labute approximate surface area is 229 Å². The van der Waals surface area contributed by atoms with Crippen LogP contribution in [0.15, 0.2) is 53.3 Å². The van der Waals surface area contributed by atoms with E-state index in [1.807, 2.05) is 29.2 Å². The Morgan fingerprint density at radius 1 is 1.18 bits per heavy atom. The summed E-state index contributed by atoms with van der Waals surface area (Å²) >= 11 is 12.4. The average Bonchev–Trinajstić information content (AvgIpc) is 3.31. The third-order valence-corrected chi connectivity index (χ3v) is 7.38. The number of nitrogens with two attached hydrogens (primary N) is 1. The number of nitrogens with zero attached hydrogens (tertiary/aromatic N) is 2. The van der Waals surface area contributed by atoms with Crippen molar-refractivity contribution < 1.29 is 18.3 Å². The first kappa shape index (κ1) is 26.3. The van der Waals surface area contributed by atoms with E-state index in [2.05, 4.69) is 24.1 Å². The molecule has 0 aliphatic carbocycles. The molecule has 10 heteroatoms. The molecular weight excluding hydrogens is 530 g/mol. The summed E-state index contributed by atoms with van der Waals surface area (Å²) in [7, 11) is 0. The lowest BCUT2D eigenvalue weighted by molar-refractivity contribution is 0.0674. The topological polar surface area (TPSA) is 93.6 Å². The molecule has 3 heterocycles. The molecule has 3 atom stereocenters. The molecule has 4 aromatic rings. The number of nitrogen functional groups attached to an aromatic ring is 1. The number of hydrogen-bond donors (Lipinski definition) is 2. The predicted molar refractivity (Wildman–Crippen MR) is 147 cm³/mol. The second-order valence-corrected chi connectivity index (χ2v) is 10.4. The van der Waals surface area contributed by atoms with Crippen LogP contribution in [-0.2, 0) is 0 Å². The molecular formula is C28H27Cl2FN4O3. The number of ether oxygens (including phenoxy) is 1. The van der Waals surface area contributed by atoms with Crippen LogP contribution in [0.25, 0.3) is 22.1 Å². The Hall–Kier alpha value is -3.33. The number of fused-ring (bicyclic) bond motifs is 1. The number of pyridine rings is 1. The van der Waals surface area contributed by atoms with Crippen LogP contribution in [0.1, 0.15) is 42.8 Å². The molecule has 1 amide bonds. The van der Waals surface area contributed by atoms with Crippen molar-refractivity contribution in [3.63, 3.8) is 0 Å². The van der Waals surface area contributed by atoms with Crippen molar-refractivity contribution >= 4 is 45.9 Å². The van der Waals surface area contributed by atoms with E-state index >= 15 is 0 Å². The molecule has 1 aliphatic heterocycles. The van der Waals surface area contributed by atoms with Crippen molar-refractivity contribution in [3.05, 3.63) is 75.8 Å². The molecule has 1 aliphatic rings. The summed E-state index contributed by atoms with van der Waals surface area (Å²) in [5.74, 6) is -0.294. The van der Waals surface area contributed by atoms with Gasteiger partial charge in [-0.2, -0.15) is 0 Å². The van der Waals surface area contributed by atoms with Crippen molar-refractivity contribution in [1.29, 1.82) is 0 Å². The van der Waals surface area contributed by atoms with Crippen LogP contribution in [0.2, 0.25) is 10.0 Å². The first-order valence-corrected chi connectivity index (χ1v) is 13.0. The molecule has 2 aromatic carbocycles. The van der Waals surface area contributed by atoms with E-state index in [1.54, 1.807) is 19.4 Å². The van der Waals surface area contributed by atoms with Gasteiger partial charge in [-0.15, -0.1) is 0 Å². The molecule has 0 saturated carbocycles. The smallest absolute Gasteiger partial charge is 0.253 e. The van der Waals surface area contributed by atoms with E-state index in [1.165, 1.54) is 12.1 Å². The number of hydrogen-bond acceptors (Lipinski definition) is 6. The van der Waals surface area contributed by atoms with Gasteiger partial charge < -0.3 is 25.1 Å². The predicted octanol–water partition coefficient (Wildman–Crippen LogP) is 6.49. The first-order valence-electron chi connectivity index (χ1n) is 12.3. The summed E-state index contributed by atoms with van der Waals surface area (Å²) in [5, 5.41) is 4.25. The highest BCUT2D eigenvalue weighted by Crippen LogP contribution is 2.41. The number of benzene rings is 2. The SMILES string of the molecule is C[C@@H]1CN(C(=O)c2ccc(-c3coc4c(O[C@H](C)c5c(Cl)ccc(F)c5Cl)c(N)ncc34)cc2)C[C@H](C)N1. The summed E-state index contributed by atoms with van der Waals surface area (Å²) in [5.41, 5.74) is 9.02. The van der Waals surface area contributed by atoms with Gasteiger partial charge in [-0.05, 0) is 50.6 Å². The average molecular weight is 557 g/mol.